The quantitative estimate of drug-likeness (QED) is 0.474. The van der Waals surface area contributed by atoms with Crippen molar-refractivity contribution < 1.29 is 4.74 Å². The highest BCUT2D eigenvalue weighted by atomic mass is 32.2. The van der Waals surface area contributed by atoms with Crippen LogP contribution in [0, 0.1) is 23.7 Å². The van der Waals surface area contributed by atoms with Crippen LogP contribution < -0.4 is 0 Å². The Morgan fingerprint density at radius 1 is 0.900 bits per heavy atom. The molecule has 0 unspecified atom stereocenters. The molecule has 1 rings (SSSR count). The van der Waals surface area contributed by atoms with Crippen LogP contribution in [0.2, 0.25) is 0 Å². The van der Waals surface area contributed by atoms with Gasteiger partial charge in [-0.15, -0.1) is 11.8 Å². The van der Waals surface area contributed by atoms with E-state index in [1.165, 1.54) is 0 Å². The summed E-state index contributed by atoms with van der Waals surface area (Å²) in [5.41, 5.74) is 0. The van der Waals surface area contributed by atoms with Gasteiger partial charge in [0.05, 0.1) is 11.5 Å². The summed E-state index contributed by atoms with van der Waals surface area (Å²) in [6.45, 7) is 1.05. The molecule has 2 heteroatoms. The lowest BCUT2D eigenvalue weighted by Gasteiger charge is -1.92. The van der Waals surface area contributed by atoms with Gasteiger partial charge < -0.3 is 4.74 Å². The maximum absolute atomic E-state index is 5.05. The average Bonchev–Trinajstić information content (AvgIpc) is 2.01. The number of hydrogen-bond acceptors (Lipinski definition) is 2. The van der Waals surface area contributed by atoms with Crippen molar-refractivity contribution in [3.63, 3.8) is 0 Å². The molecule has 0 aromatic rings. The molecule has 0 saturated carbocycles. The molecular formula is C8H8OS. The van der Waals surface area contributed by atoms with Gasteiger partial charge in [-0.1, -0.05) is 23.7 Å². The standard InChI is InChI=1S/C8H8OS/c1-3-7-10-8-4-2-6-9-5-1/h5-8H2. The largest absolute Gasteiger partial charge is 0.356 e. The molecular weight excluding hydrogens is 144 g/mol. The van der Waals surface area contributed by atoms with Gasteiger partial charge in [0.15, 0.2) is 0 Å². The molecule has 1 nitrogen and oxygen atoms in total. The summed E-state index contributed by atoms with van der Waals surface area (Å²) < 4.78 is 5.05. The minimum atomic E-state index is 0.523. The minimum absolute atomic E-state index is 0.523. The molecule has 0 aromatic heterocycles. The third-order valence-corrected chi connectivity index (χ3v) is 1.64. The van der Waals surface area contributed by atoms with Crippen LogP contribution in [-0.2, 0) is 4.74 Å². The molecule has 0 radical (unpaired) electrons. The Balaban J connectivity index is 2.31. The fourth-order valence-electron chi connectivity index (χ4n) is 0.510. The first-order valence-corrected chi connectivity index (χ1v) is 4.22. The van der Waals surface area contributed by atoms with E-state index in [0.29, 0.717) is 13.2 Å². The van der Waals surface area contributed by atoms with E-state index in [-0.39, 0.29) is 0 Å². The van der Waals surface area contributed by atoms with Gasteiger partial charge in [-0.25, -0.2) is 0 Å². The zero-order valence-corrected chi connectivity index (χ0v) is 6.46. The molecule has 0 fully saturated rings. The Kier molecular flexibility index (Phi) is 3.94. The average molecular weight is 152 g/mol. The maximum atomic E-state index is 5.05. The Bertz CT molecular complexity index is 161. The van der Waals surface area contributed by atoms with Gasteiger partial charge in [0, 0.05) is 0 Å². The van der Waals surface area contributed by atoms with E-state index in [4.69, 9.17) is 4.74 Å². The number of thioether (sulfide) groups is 1. The molecule has 1 heterocycles. The van der Waals surface area contributed by atoms with E-state index in [9.17, 15) is 0 Å². The summed E-state index contributed by atoms with van der Waals surface area (Å²) in [5.74, 6) is 13.5. The first kappa shape index (κ1) is 7.54. The van der Waals surface area contributed by atoms with Crippen molar-refractivity contribution in [3.05, 3.63) is 0 Å². The molecule has 52 valence electrons. The van der Waals surface area contributed by atoms with Crippen molar-refractivity contribution in [2.24, 2.45) is 0 Å². The maximum Gasteiger partial charge on any atom is 0.109 e. The predicted octanol–water partition coefficient (Wildman–Crippen LogP) is 0.757. The van der Waals surface area contributed by atoms with Crippen molar-refractivity contribution >= 4 is 11.8 Å². The van der Waals surface area contributed by atoms with Crippen LogP contribution >= 0.6 is 11.8 Å². The van der Waals surface area contributed by atoms with E-state index in [0.717, 1.165) is 11.5 Å². The molecule has 0 spiro atoms. The Hall–Kier alpha value is -0.570. The van der Waals surface area contributed by atoms with Crippen LogP contribution in [0.1, 0.15) is 0 Å². The van der Waals surface area contributed by atoms with Crippen LogP contribution in [0.25, 0.3) is 0 Å². The van der Waals surface area contributed by atoms with Crippen LogP contribution in [0.3, 0.4) is 0 Å². The molecule has 0 saturated heterocycles. The van der Waals surface area contributed by atoms with Crippen molar-refractivity contribution in [3.8, 4) is 23.7 Å². The number of hydrogen-bond donors (Lipinski definition) is 0. The van der Waals surface area contributed by atoms with Crippen LogP contribution in [0.15, 0.2) is 0 Å². The second kappa shape index (κ2) is 5.23. The fourth-order valence-corrected chi connectivity index (χ4v) is 1.02. The summed E-state index contributed by atoms with van der Waals surface area (Å²) in [5, 5.41) is 0. The summed E-state index contributed by atoms with van der Waals surface area (Å²) in [6, 6.07) is 0. The van der Waals surface area contributed by atoms with Crippen LogP contribution in [0.5, 0.6) is 0 Å². The minimum Gasteiger partial charge on any atom is -0.356 e. The smallest absolute Gasteiger partial charge is 0.109 e. The van der Waals surface area contributed by atoms with Crippen molar-refractivity contribution in [1.29, 1.82) is 0 Å². The van der Waals surface area contributed by atoms with Gasteiger partial charge in [0.25, 0.3) is 0 Å². The van der Waals surface area contributed by atoms with E-state index < -0.39 is 0 Å². The zero-order valence-electron chi connectivity index (χ0n) is 5.64. The molecule has 0 amide bonds. The van der Waals surface area contributed by atoms with E-state index >= 15 is 0 Å². The van der Waals surface area contributed by atoms with Gasteiger partial charge in [-0.3, -0.25) is 0 Å². The molecule has 1 aliphatic rings. The van der Waals surface area contributed by atoms with Gasteiger partial charge in [-0.2, -0.15) is 0 Å². The molecule has 0 aromatic carbocycles. The molecule has 0 aliphatic carbocycles. The first-order valence-electron chi connectivity index (χ1n) is 3.07. The lowest BCUT2D eigenvalue weighted by molar-refractivity contribution is 0.204. The lowest BCUT2D eigenvalue weighted by atomic mass is 10.6. The summed E-state index contributed by atoms with van der Waals surface area (Å²) in [7, 11) is 0. The van der Waals surface area contributed by atoms with Crippen molar-refractivity contribution in [2.75, 3.05) is 24.7 Å². The van der Waals surface area contributed by atoms with Crippen LogP contribution in [-0.4, -0.2) is 24.7 Å². The highest BCUT2D eigenvalue weighted by Crippen LogP contribution is 1.95. The zero-order chi connectivity index (χ0) is 7.07. The Morgan fingerprint density at radius 2 is 1.50 bits per heavy atom. The van der Waals surface area contributed by atoms with Gasteiger partial charge in [0.1, 0.15) is 13.2 Å². The molecule has 10 heavy (non-hydrogen) atoms. The second-order valence-electron chi connectivity index (χ2n) is 1.69. The number of rotatable bonds is 0. The van der Waals surface area contributed by atoms with E-state index in [1.54, 1.807) is 11.8 Å². The van der Waals surface area contributed by atoms with Gasteiger partial charge in [0.2, 0.25) is 0 Å². The topological polar surface area (TPSA) is 9.23 Å². The molecule has 0 bridgehead atoms. The van der Waals surface area contributed by atoms with Gasteiger partial charge in [-0.05, 0) is 0 Å². The van der Waals surface area contributed by atoms with Crippen molar-refractivity contribution in [2.45, 2.75) is 0 Å². The normalized spacial score (nSPS) is 17.6. The first-order chi connectivity index (χ1) is 5.00. The molecule has 1 aliphatic heterocycles. The summed E-state index contributed by atoms with van der Waals surface area (Å²) in [4.78, 5) is 0. The second-order valence-corrected chi connectivity index (χ2v) is 2.68. The highest BCUT2D eigenvalue weighted by Gasteiger charge is 1.82. The highest BCUT2D eigenvalue weighted by molar-refractivity contribution is 7.99. The third-order valence-electron chi connectivity index (χ3n) is 0.947. The SMILES string of the molecule is C1#CCSCC#CCOC1. The number of ether oxygens (including phenoxy) is 1. The monoisotopic (exact) mass is 152 g/mol. The van der Waals surface area contributed by atoms with Crippen molar-refractivity contribution in [1.82, 2.24) is 0 Å². The van der Waals surface area contributed by atoms with E-state index in [2.05, 4.69) is 23.7 Å². The Labute approximate surface area is 65.5 Å². The predicted molar refractivity (Wildman–Crippen MR) is 43.7 cm³/mol. The fraction of sp³-hybridized carbons (Fsp3) is 0.500. The summed E-state index contributed by atoms with van der Waals surface area (Å²) >= 11 is 1.75. The third kappa shape index (κ3) is 3.45. The lowest BCUT2D eigenvalue weighted by Crippen LogP contribution is -1.93. The molecule has 0 atom stereocenters. The van der Waals surface area contributed by atoms with Crippen LogP contribution in [0.4, 0.5) is 0 Å². The van der Waals surface area contributed by atoms with E-state index in [1.807, 2.05) is 0 Å². The molecule has 0 N–H and O–H groups in total. The Morgan fingerprint density at radius 3 is 2.10 bits per heavy atom. The van der Waals surface area contributed by atoms with Gasteiger partial charge >= 0.3 is 0 Å². The summed E-state index contributed by atoms with van der Waals surface area (Å²) in [6.07, 6.45) is 0.